The zero-order valence-electron chi connectivity index (χ0n) is 20.7. The monoisotopic (exact) mass is 506 g/mol. The molecule has 1 heterocycles. The molecule has 3 aromatic rings. The molecule has 1 aliphatic rings. The highest BCUT2D eigenvalue weighted by atomic mass is 16.5. The van der Waals surface area contributed by atoms with Crippen molar-refractivity contribution < 1.29 is 39.1 Å². The molecule has 0 spiro atoms. The fourth-order valence-electron chi connectivity index (χ4n) is 4.50. The second-order valence-electron chi connectivity index (χ2n) is 8.87. The van der Waals surface area contributed by atoms with Crippen molar-refractivity contribution in [2.45, 2.75) is 12.5 Å². The van der Waals surface area contributed by atoms with Gasteiger partial charge in [0, 0.05) is 12.0 Å². The molecule has 3 N–H and O–H groups in total. The lowest BCUT2D eigenvalue weighted by molar-refractivity contribution is -0.139. The summed E-state index contributed by atoms with van der Waals surface area (Å²) in [5.41, 5.74) is 2.52. The molecule has 8 nitrogen and oxygen atoms in total. The van der Waals surface area contributed by atoms with Gasteiger partial charge in [-0.15, -0.1) is 0 Å². The summed E-state index contributed by atoms with van der Waals surface area (Å²) in [6.07, 6.45) is 3.21. The van der Waals surface area contributed by atoms with Crippen LogP contribution in [0.1, 0.15) is 22.8 Å². The highest BCUT2D eigenvalue weighted by Crippen LogP contribution is 2.43. The van der Waals surface area contributed by atoms with Crippen LogP contribution in [0.5, 0.6) is 28.7 Å². The van der Waals surface area contributed by atoms with Crippen LogP contribution in [0.25, 0.3) is 6.08 Å². The number of esters is 1. The number of hydrogen-bond donors (Lipinski definition) is 3. The summed E-state index contributed by atoms with van der Waals surface area (Å²) >= 11 is 0. The Morgan fingerprint density at radius 3 is 2.32 bits per heavy atom. The van der Waals surface area contributed by atoms with E-state index in [1.165, 1.54) is 20.3 Å². The van der Waals surface area contributed by atoms with Gasteiger partial charge in [0.05, 0.1) is 33.5 Å². The summed E-state index contributed by atoms with van der Waals surface area (Å²) < 4.78 is 22.3. The second kappa shape index (κ2) is 11.7. The van der Waals surface area contributed by atoms with Crippen LogP contribution in [0.2, 0.25) is 0 Å². The minimum absolute atomic E-state index is 0.00734. The van der Waals surface area contributed by atoms with Gasteiger partial charge in [0.2, 0.25) is 0 Å². The maximum Gasteiger partial charge on any atom is 0.330 e. The lowest BCUT2D eigenvalue weighted by Gasteiger charge is -2.23. The summed E-state index contributed by atoms with van der Waals surface area (Å²) in [5, 5.41) is 29.4. The minimum Gasteiger partial charge on any atom is -0.508 e. The first-order valence-corrected chi connectivity index (χ1v) is 11.9. The predicted octanol–water partition coefficient (Wildman–Crippen LogP) is 4.62. The molecule has 1 aliphatic heterocycles. The predicted molar refractivity (Wildman–Crippen MR) is 137 cm³/mol. The van der Waals surface area contributed by atoms with Crippen LogP contribution >= 0.6 is 0 Å². The fraction of sp³-hybridized carbons (Fsp3) is 0.276. The summed E-state index contributed by atoms with van der Waals surface area (Å²) in [7, 11) is 2.98. The lowest BCUT2D eigenvalue weighted by Crippen LogP contribution is -2.24. The number of hydrogen-bond acceptors (Lipinski definition) is 8. The first-order valence-electron chi connectivity index (χ1n) is 11.9. The molecule has 0 radical (unpaired) electrons. The van der Waals surface area contributed by atoms with Crippen LogP contribution in [0.4, 0.5) is 0 Å². The van der Waals surface area contributed by atoms with E-state index in [4.69, 9.17) is 18.9 Å². The first kappa shape index (κ1) is 25.9. The van der Waals surface area contributed by atoms with Crippen LogP contribution in [0.15, 0.2) is 66.7 Å². The summed E-state index contributed by atoms with van der Waals surface area (Å²) in [6, 6.07) is 16.7. The molecule has 8 heteroatoms. The number of benzene rings is 3. The minimum atomic E-state index is -0.493. The van der Waals surface area contributed by atoms with E-state index in [1.54, 1.807) is 60.7 Å². The average Bonchev–Trinajstić information content (AvgIpc) is 3.30. The van der Waals surface area contributed by atoms with E-state index >= 15 is 0 Å². The zero-order chi connectivity index (χ0) is 26.4. The van der Waals surface area contributed by atoms with Crippen molar-refractivity contribution in [3.63, 3.8) is 0 Å². The Bertz CT molecular complexity index is 1250. The van der Waals surface area contributed by atoms with Crippen LogP contribution < -0.4 is 9.47 Å². The Morgan fingerprint density at radius 1 is 0.946 bits per heavy atom. The number of phenolic OH excluding ortho intramolecular Hbond substituents is 3. The van der Waals surface area contributed by atoms with Gasteiger partial charge in [-0.2, -0.15) is 0 Å². The Morgan fingerprint density at radius 2 is 1.62 bits per heavy atom. The SMILES string of the molecule is COc1cc(C[C@@H]2CO[C@@H](c3ccc(O)c(OC)c3)[C@@H]2COC(=O)/C=C/c2ccc(O)cc2)ccc1O. The molecule has 4 rings (SSSR count). The molecule has 0 aliphatic carbocycles. The van der Waals surface area contributed by atoms with E-state index in [9.17, 15) is 20.1 Å². The van der Waals surface area contributed by atoms with E-state index in [1.807, 2.05) is 6.07 Å². The molecule has 0 bridgehead atoms. The Hall–Kier alpha value is -4.17. The van der Waals surface area contributed by atoms with Gasteiger partial charge in [0.1, 0.15) is 5.75 Å². The van der Waals surface area contributed by atoms with E-state index in [2.05, 4.69) is 0 Å². The topological polar surface area (TPSA) is 115 Å². The van der Waals surface area contributed by atoms with E-state index in [0.717, 1.165) is 16.7 Å². The number of rotatable bonds is 9. The summed E-state index contributed by atoms with van der Waals surface area (Å²) in [6.45, 7) is 0.551. The van der Waals surface area contributed by atoms with Crippen molar-refractivity contribution in [3.05, 3.63) is 83.4 Å². The van der Waals surface area contributed by atoms with Gasteiger partial charge >= 0.3 is 5.97 Å². The summed E-state index contributed by atoms with van der Waals surface area (Å²) in [5.74, 6) is 0.294. The Labute approximate surface area is 215 Å². The number of aromatic hydroxyl groups is 3. The number of carbonyl (C=O) groups is 1. The lowest BCUT2D eigenvalue weighted by atomic mass is 9.84. The molecule has 3 aromatic carbocycles. The van der Waals surface area contributed by atoms with Gasteiger partial charge in [-0.1, -0.05) is 24.3 Å². The molecule has 0 unspecified atom stereocenters. The van der Waals surface area contributed by atoms with Crippen LogP contribution in [-0.4, -0.2) is 48.7 Å². The maximum absolute atomic E-state index is 12.5. The van der Waals surface area contributed by atoms with Crippen LogP contribution in [0.3, 0.4) is 0 Å². The number of methoxy groups -OCH3 is 2. The molecular formula is C29H30O8. The van der Waals surface area contributed by atoms with Gasteiger partial charge in [-0.3, -0.25) is 0 Å². The van der Waals surface area contributed by atoms with Crippen molar-refractivity contribution in [2.75, 3.05) is 27.4 Å². The average molecular weight is 507 g/mol. The molecule has 1 fully saturated rings. The van der Waals surface area contributed by atoms with Crippen molar-refractivity contribution in [2.24, 2.45) is 11.8 Å². The van der Waals surface area contributed by atoms with E-state index in [0.29, 0.717) is 24.5 Å². The molecule has 3 atom stereocenters. The summed E-state index contributed by atoms with van der Waals surface area (Å²) in [4.78, 5) is 12.5. The van der Waals surface area contributed by atoms with Crippen LogP contribution in [-0.2, 0) is 20.7 Å². The van der Waals surface area contributed by atoms with Crippen molar-refractivity contribution in [3.8, 4) is 28.7 Å². The highest BCUT2D eigenvalue weighted by Gasteiger charge is 2.39. The third kappa shape index (κ3) is 6.34. The second-order valence-corrected chi connectivity index (χ2v) is 8.87. The third-order valence-electron chi connectivity index (χ3n) is 6.48. The Balaban J connectivity index is 1.52. The van der Waals surface area contributed by atoms with Gasteiger partial charge in [-0.05, 0) is 71.5 Å². The molecule has 0 amide bonds. The van der Waals surface area contributed by atoms with Crippen LogP contribution in [0, 0.1) is 11.8 Å². The van der Waals surface area contributed by atoms with Gasteiger partial charge in [0.25, 0.3) is 0 Å². The molecule has 0 aromatic heterocycles. The highest BCUT2D eigenvalue weighted by molar-refractivity contribution is 5.87. The fourth-order valence-corrected chi connectivity index (χ4v) is 4.50. The van der Waals surface area contributed by atoms with Gasteiger partial charge in [0.15, 0.2) is 23.0 Å². The normalized spacial score (nSPS) is 19.1. The standard InChI is InChI=1S/C29H30O8/c1-34-26-14-19(5-10-24(26)31)13-21-16-37-29(20-7-11-25(32)27(15-20)35-2)23(21)17-36-28(33)12-6-18-3-8-22(30)9-4-18/h3-12,14-15,21,23,29-32H,13,16-17H2,1-2H3/b12-6+/t21-,23-,29+/m1/s1. The maximum atomic E-state index is 12.5. The number of carbonyl (C=O) groups excluding carboxylic acids is 1. The third-order valence-corrected chi connectivity index (χ3v) is 6.48. The molecule has 37 heavy (non-hydrogen) atoms. The smallest absolute Gasteiger partial charge is 0.330 e. The number of ether oxygens (including phenoxy) is 4. The molecule has 0 saturated carbocycles. The molecule has 194 valence electrons. The molecular weight excluding hydrogens is 476 g/mol. The Kier molecular flexibility index (Phi) is 8.20. The van der Waals surface area contributed by atoms with Gasteiger partial charge < -0.3 is 34.3 Å². The first-order chi connectivity index (χ1) is 17.9. The van der Waals surface area contributed by atoms with Gasteiger partial charge in [-0.25, -0.2) is 4.79 Å². The van der Waals surface area contributed by atoms with E-state index in [-0.39, 0.29) is 41.8 Å². The molecule has 1 saturated heterocycles. The largest absolute Gasteiger partial charge is 0.508 e. The van der Waals surface area contributed by atoms with Crippen molar-refractivity contribution >= 4 is 12.0 Å². The van der Waals surface area contributed by atoms with E-state index < -0.39 is 5.97 Å². The van der Waals surface area contributed by atoms with Crippen molar-refractivity contribution in [1.82, 2.24) is 0 Å². The number of phenols is 3. The quantitative estimate of drug-likeness (QED) is 0.284. The zero-order valence-corrected chi connectivity index (χ0v) is 20.7. The van der Waals surface area contributed by atoms with Crippen molar-refractivity contribution in [1.29, 1.82) is 0 Å².